The molecule has 1 aliphatic carbocycles. The Kier molecular flexibility index (Phi) is 3.06. The first-order valence-corrected chi connectivity index (χ1v) is 7.18. The molecule has 3 rings (SSSR count). The third kappa shape index (κ3) is 2.26. The van der Waals surface area contributed by atoms with Crippen LogP contribution in [0.2, 0.25) is 0 Å². The Labute approximate surface area is 115 Å². The monoisotopic (exact) mass is 309 g/mol. The van der Waals surface area contributed by atoms with Crippen LogP contribution in [0.5, 0.6) is 5.75 Å². The SMILES string of the molecule is CC(=O)N1CCc2cc(OCC3CC3)c(Br)cc21. The Morgan fingerprint density at radius 3 is 2.94 bits per heavy atom. The van der Waals surface area contributed by atoms with Crippen molar-refractivity contribution in [1.29, 1.82) is 0 Å². The average Bonchev–Trinajstić information content (AvgIpc) is 3.06. The highest BCUT2D eigenvalue weighted by atomic mass is 79.9. The zero-order valence-corrected chi connectivity index (χ0v) is 12.0. The van der Waals surface area contributed by atoms with E-state index in [2.05, 4.69) is 22.0 Å². The molecule has 1 aromatic carbocycles. The minimum Gasteiger partial charge on any atom is -0.492 e. The second-order valence-electron chi connectivity index (χ2n) is 5.09. The van der Waals surface area contributed by atoms with Gasteiger partial charge in [0.05, 0.1) is 11.1 Å². The number of benzene rings is 1. The molecule has 0 saturated heterocycles. The molecular formula is C14H16BrNO2. The Morgan fingerprint density at radius 2 is 2.28 bits per heavy atom. The second-order valence-corrected chi connectivity index (χ2v) is 5.94. The van der Waals surface area contributed by atoms with Gasteiger partial charge in [0.15, 0.2) is 0 Å². The van der Waals surface area contributed by atoms with Crippen LogP contribution in [0.15, 0.2) is 16.6 Å². The smallest absolute Gasteiger partial charge is 0.223 e. The van der Waals surface area contributed by atoms with Crippen LogP contribution in [0.25, 0.3) is 0 Å². The van der Waals surface area contributed by atoms with Crippen molar-refractivity contribution in [2.75, 3.05) is 18.1 Å². The van der Waals surface area contributed by atoms with Gasteiger partial charge in [0.2, 0.25) is 5.91 Å². The van der Waals surface area contributed by atoms with Crippen molar-refractivity contribution >= 4 is 27.5 Å². The maximum Gasteiger partial charge on any atom is 0.223 e. The quantitative estimate of drug-likeness (QED) is 0.858. The molecule has 1 aliphatic heterocycles. The van der Waals surface area contributed by atoms with Gasteiger partial charge in [-0.3, -0.25) is 4.79 Å². The van der Waals surface area contributed by atoms with Gasteiger partial charge in [0, 0.05) is 19.2 Å². The highest BCUT2D eigenvalue weighted by Gasteiger charge is 2.25. The number of rotatable bonds is 3. The molecule has 0 atom stereocenters. The van der Waals surface area contributed by atoms with Crippen molar-refractivity contribution in [3.63, 3.8) is 0 Å². The predicted octanol–water partition coefficient (Wildman–Crippen LogP) is 3.15. The molecule has 1 saturated carbocycles. The van der Waals surface area contributed by atoms with Gasteiger partial charge in [0.25, 0.3) is 0 Å². The topological polar surface area (TPSA) is 29.5 Å². The number of nitrogens with zero attached hydrogens (tertiary/aromatic N) is 1. The Balaban J connectivity index is 1.84. The van der Waals surface area contributed by atoms with Crippen LogP contribution in [0.4, 0.5) is 5.69 Å². The molecule has 0 unspecified atom stereocenters. The molecule has 1 amide bonds. The normalized spacial score (nSPS) is 17.8. The molecule has 1 fully saturated rings. The van der Waals surface area contributed by atoms with Crippen LogP contribution in [0, 0.1) is 5.92 Å². The Hall–Kier alpha value is -1.03. The lowest BCUT2D eigenvalue weighted by Crippen LogP contribution is -2.25. The number of fused-ring (bicyclic) bond motifs is 1. The third-order valence-electron chi connectivity index (χ3n) is 3.58. The summed E-state index contributed by atoms with van der Waals surface area (Å²) < 4.78 is 6.77. The van der Waals surface area contributed by atoms with Crippen LogP contribution in [0.3, 0.4) is 0 Å². The Bertz CT molecular complexity index is 497. The summed E-state index contributed by atoms with van der Waals surface area (Å²) in [4.78, 5) is 13.3. The molecule has 1 heterocycles. The zero-order chi connectivity index (χ0) is 12.7. The molecule has 0 N–H and O–H groups in total. The summed E-state index contributed by atoms with van der Waals surface area (Å²) in [6.07, 6.45) is 3.50. The fourth-order valence-electron chi connectivity index (χ4n) is 2.32. The van der Waals surface area contributed by atoms with E-state index < -0.39 is 0 Å². The van der Waals surface area contributed by atoms with Gasteiger partial charge in [-0.05, 0) is 58.8 Å². The van der Waals surface area contributed by atoms with Crippen LogP contribution in [-0.4, -0.2) is 19.1 Å². The molecule has 1 aromatic rings. The summed E-state index contributed by atoms with van der Waals surface area (Å²) in [5, 5.41) is 0. The van der Waals surface area contributed by atoms with E-state index in [1.807, 2.05) is 11.0 Å². The molecule has 96 valence electrons. The number of amides is 1. The second kappa shape index (κ2) is 4.57. The van der Waals surface area contributed by atoms with Crippen molar-refractivity contribution < 1.29 is 9.53 Å². The fraction of sp³-hybridized carbons (Fsp3) is 0.500. The minimum absolute atomic E-state index is 0.104. The summed E-state index contributed by atoms with van der Waals surface area (Å²) in [7, 11) is 0. The van der Waals surface area contributed by atoms with Gasteiger partial charge in [0.1, 0.15) is 5.75 Å². The molecule has 0 bridgehead atoms. The van der Waals surface area contributed by atoms with E-state index in [-0.39, 0.29) is 5.91 Å². The lowest BCUT2D eigenvalue weighted by atomic mass is 10.1. The first kappa shape index (κ1) is 12.0. The molecule has 0 spiro atoms. The highest BCUT2D eigenvalue weighted by Crippen LogP contribution is 2.38. The highest BCUT2D eigenvalue weighted by molar-refractivity contribution is 9.10. The van der Waals surface area contributed by atoms with Crippen molar-refractivity contribution in [2.45, 2.75) is 26.2 Å². The summed E-state index contributed by atoms with van der Waals surface area (Å²) in [6, 6.07) is 4.08. The number of halogens is 1. The summed E-state index contributed by atoms with van der Waals surface area (Å²) in [5.41, 5.74) is 2.23. The Morgan fingerprint density at radius 1 is 1.50 bits per heavy atom. The molecule has 2 aliphatic rings. The van der Waals surface area contributed by atoms with Gasteiger partial charge in [-0.2, -0.15) is 0 Å². The van der Waals surface area contributed by atoms with Crippen LogP contribution in [0.1, 0.15) is 25.3 Å². The number of carbonyl (C=O) groups is 1. The first-order chi connectivity index (χ1) is 8.65. The summed E-state index contributed by atoms with van der Waals surface area (Å²) in [5.74, 6) is 1.76. The minimum atomic E-state index is 0.104. The van der Waals surface area contributed by atoms with E-state index >= 15 is 0 Å². The molecular weight excluding hydrogens is 294 g/mol. The lowest BCUT2D eigenvalue weighted by molar-refractivity contribution is -0.116. The van der Waals surface area contributed by atoms with Gasteiger partial charge < -0.3 is 9.64 Å². The third-order valence-corrected chi connectivity index (χ3v) is 4.20. The van der Waals surface area contributed by atoms with E-state index in [1.54, 1.807) is 6.92 Å². The number of hydrogen-bond acceptors (Lipinski definition) is 2. The number of ether oxygens (including phenoxy) is 1. The van der Waals surface area contributed by atoms with Gasteiger partial charge in [-0.15, -0.1) is 0 Å². The van der Waals surface area contributed by atoms with Crippen LogP contribution in [-0.2, 0) is 11.2 Å². The van der Waals surface area contributed by atoms with E-state index in [0.717, 1.165) is 41.4 Å². The van der Waals surface area contributed by atoms with E-state index in [0.29, 0.717) is 0 Å². The molecule has 18 heavy (non-hydrogen) atoms. The van der Waals surface area contributed by atoms with Crippen LogP contribution < -0.4 is 9.64 Å². The first-order valence-electron chi connectivity index (χ1n) is 6.38. The van der Waals surface area contributed by atoms with Gasteiger partial charge in [-0.1, -0.05) is 0 Å². The molecule has 0 aromatic heterocycles. The van der Waals surface area contributed by atoms with E-state index in [4.69, 9.17) is 4.74 Å². The van der Waals surface area contributed by atoms with Crippen molar-refractivity contribution in [2.24, 2.45) is 5.92 Å². The maximum atomic E-state index is 11.5. The van der Waals surface area contributed by atoms with Crippen LogP contribution >= 0.6 is 15.9 Å². The molecule has 0 radical (unpaired) electrons. The van der Waals surface area contributed by atoms with Crippen molar-refractivity contribution in [3.8, 4) is 5.75 Å². The fourth-order valence-corrected chi connectivity index (χ4v) is 2.76. The summed E-state index contributed by atoms with van der Waals surface area (Å²) in [6.45, 7) is 3.21. The number of anilines is 1. The van der Waals surface area contributed by atoms with E-state index in [1.165, 1.54) is 18.4 Å². The predicted molar refractivity (Wildman–Crippen MR) is 74.1 cm³/mol. The van der Waals surface area contributed by atoms with Crippen molar-refractivity contribution in [3.05, 3.63) is 22.2 Å². The maximum absolute atomic E-state index is 11.5. The average molecular weight is 310 g/mol. The standard InChI is InChI=1S/C14H16BrNO2/c1-9(17)16-5-4-11-6-14(12(15)7-13(11)16)18-8-10-2-3-10/h6-7,10H,2-5,8H2,1H3. The zero-order valence-electron chi connectivity index (χ0n) is 10.4. The number of hydrogen-bond donors (Lipinski definition) is 0. The number of carbonyl (C=O) groups excluding carboxylic acids is 1. The van der Waals surface area contributed by atoms with Gasteiger partial charge >= 0.3 is 0 Å². The summed E-state index contributed by atoms with van der Waals surface area (Å²) >= 11 is 3.53. The largest absolute Gasteiger partial charge is 0.492 e. The molecule has 4 heteroatoms. The lowest BCUT2D eigenvalue weighted by Gasteiger charge is -2.16. The van der Waals surface area contributed by atoms with E-state index in [9.17, 15) is 4.79 Å². The van der Waals surface area contributed by atoms with Crippen molar-refractivity contribution in [1.82, 2.24) is 0 Å². The molecule has 3 nitrogen and oxygen atoms in total. The van der Waals surface area contributed by atoms with Gasteiger partial charge in [-0.25, -0.2) is 0 Å².